The number of halogens is 2. The average Bonchev–Trinajstić information content (AvgIpc) is 3.52. The number of carbonyl (C=O) groups excluding carboxylic acids is 1. The summed E-state index contributed by atoms with van der Waals surface area (Å²) >= 11 is 12.3. The van der Waals surface area contributed by atoms with Crippen LogP contribution >= 0.6 is 23.2 Å². The van der Waals surface area contributed by atoms with Gasteiger partial charge in [-0.05, 0) is 60.7 Å². The summed E-state index contributed by atoms with van der Waals surface area (Å²) in [6.07, 6.45) is 5.12. The first-order chi connectivity index (χ1) is 16.6. The Balaban J connectivity index is 1.47. The molecule has 0 spiro atoms. The molecule has 166 valence electrons. The minimum Gasteiger partial charge on any atom is -0.453 e. The summed E-state index contributed by atoms with van der Waals surface area (Å²) in [4.78, 5) is 12.9. The van der Waals surface area contributed by atoms with Crippen molar-refractivity contribution in [2.45, 2.75) is 0 Å². The maximum Gasteiger partial charge on any atom is 0.221 e. The van der Waals surface area contributed by atoms with Gasteiger partial charge < -0.3 is 4.42 Å². The second-order valence-electron chi connectivity index (χ2n) is 7.56. The normalized spacial score (nSPS) is 11.2. The maximum atomic E-state index is 12.9. The fourth-order valence-electron chi connectivity index (χ4n) is 3.58. The number of carbonyl (C=O) groups is 1. The van der Waals surface area contributed by atoms with Crippen LogP contribution in [0.5, 0.6) is 0 Å². The Hall–Kier alpha value is -3.86. The van der Waals surface area contributed by atoms with Crippen LogP contribution in [-0.2, 0) is 0 Å². The molecule has 0 amide bonds. The number of allylic oxidation sites excluding steroid dienone is 1. The zero-order chi connectivity index (χ0) is 23.5. The molecule has 5 rings (SSSR count). The lowest BCUT2D eigenvalue weighted by Gasteiger charge is -2.00. The van der Waals surface area contributed by atoms with Crippen molar-refractivity contribution < 1.29 is 9.21 Å². The van der Waals surface area contributed by atoms with Crippen molar-refractivity contribution in [1.82, 2.24) is 9.78 Å². The third-order valence-electron chi connectivity index (χ3n) is 5.28. The molecular formula is C28H18Cl2N2O2. The highest BCUT2D eigenvalue weighted by Crippen LogP contribution is 2.30. The Morgan fingerprint density at radius 3 is 2.35 bits per heavy atom. The first-order valence-corrected chi connectivity index (χ1v) is 11.3. The molecule has 0 aliphatic heterocycles. The van der Waals surface area contributed by atoms with Gasteiger partial charge in [0, 0.05) is 27.9 Å². The van der Waals surface area contributed by atoms with Gasteiger partial charge in [0.15, 0.2) is 5.76 Å². The molecule has 3 aromatic carbocycles. The lowest BCUT2D eigenvalue weighted by molar-refractivity contribution is 0.102. The smallest absolute Gasteiger partial charge is 0.221 e. The predicted octanol–water partition coefficient (Wildman–Crippen LogP) is 8.00. The number of hydrogen-bond acceptors (Lipinski definition) is 3. The van der Waals surface area contributed by atoms with E-state index in [0.29, 0.717) is 15.8 Å². The molecule has 34 heavy (non-hydrogen) atoms. The van der Waals surface area contributed by atoms with Crippen LogP contribution in [-0.4, -0.2) is 15.6 Å². The van der Waals surface area contributed by atoms with E-state index in [4.69, 9.17) is 32.7 Å². The topological polar surface area (TPSA) is 48.0 Å². The van der Waals surface area contributed by atoms with Crippen molar-refractivity contribution in [3.63, 3.8) is 0 Å². The Labute approximate surface area is 206 Å². The molecule has 0 aliphatic rings. The van der Waals surface area contributed by atoms with E-state index in [1.807, 2.05) is 79.0 Å². The van der Waals surface area contributed by atoms with Crippen LogP contribution in [0.1, 0.15) is 16.1 Å². The van der Waals surface area contributed by atoms with Crippen LogP contribution in [0.3, 0.4) is 0 Å². The minimum atomic E-state index is -0.257. The van der Waals surface area contributed by atoms with Gasteiger partial charge in [-0.25, -0.2) is 4.68 Å². The molecule has 6 heteroatoms. The summed E-state index contributed by atoms with van der Waals surface area (Å²) in [6, 6.07) is 28.0. The van der Waals surface area contributed by atoms with Gasteiger partial charge >= 0.3 is 0 Å². The van der Waals surface area contributed by atoms with Gasteiger partial charge in [-0.1, -0.05) is 65.7 Å². The molecule has 0 bridgehead atoms. The van der Waals surface area contributed by atoms with E-state index < -0.39 is 0 Å². The van der Waals surface area contributed by atoms with Crippen molar-refractivity contribution in [2.75, 3.05) is 0 Å². The maximum absolute atomic E-state index is 12.9. The Morgan fingerprint density at radius 1 is 0.853 bits per heavy atom. The van der Waals surface area contributed by atoms with Gasteiger partial charge in [0.25, 0.3) is 0 Å². The number of furan rings is 1. The molecular weight excluding hydrogens is 467 g/mol. The Kier molecular flexibility index (Phi) is 6.17. The highest BCUT2D eigenvalue weighted by atomic mass is 35.5. The van der Waals surface area contributed by atoms with Gasteiger partial charge in [-0.3, -0.25) is 4.79 Å². The Morgan fingerprint density at radius 2 is 1.59 bits per heavy atom. The zero-order valence-corrected chi connectivity index (χ0v) is 19.4. The molecule has 0 aliphatic carbocycles. The van der Waals surface area contributed by atoms with Crippen LogP contribution in [0.2, 0.25) is 10.0 Å². The summed E-state index contributed by atoms with van der Waals surface area (Å²) in [7, 11) is 0. The third-order valence-corrected chi connectivity index (χ3v) is 5.86. The van der Waals surface area contributed by atoms with Gasteiger partial charge in [0.2, 0.25) is 5.78 Å². The van der Waals surface area contributed by atoms with E-state index in [1.54, 1.807) is 29.0 Å². The molecule has 0 unspecified atom stereocenters. The SMILES string of the molecule is O=C(/C=C/c1cn(-c2ccccc2)nc1-c1ccc(Cl)cc1)c1ccc(-c2ccccc2Cl)o1. The van der Waals surface area contributed by atoms with Crippen molar-refractivity contribution in [3.05, 3.63) is 125 Å². The number of aromatic nitrogens is 2. The Bertz CT molecular complexity index is 1480. The number of hydrogen-bond donors (Lipinski definition) is 0. The highest BCUT2D eigenvalue weighted by Gasteiger charge is 2.14. The summed E-state index contributed by atoms with van der Waals surface area (Å²) in [5.74, 6) is 0.517. The predicted molar refractivity (Wildman–Crippen MR) is 137 cm³/mol. The second kappa shape index (κ2) is 9.56. The molecule has 0 atom stereocenters. The average molecular weight is 485 g/mol. The van der Waals surface area contributed by atoms with Crippen LogP contribution in [0, 0.1) is 0 Å². The molecule has 0 saturated heterocycles. The molecule has 0 N–H and O–H groups in total. The van der Waals surface area contributed by atoms with Crippen molar-refractivity contribution in [2.24, 2.45) is 0 Å². The molecule has 4 nitrogen and oxygen atoms in total. The highest BCUT2D eigenvalue weighted by molar-refractivity contribution is 6.33. The minimum absolute atomic E-state index is 0.231. The van der Waals surface area contributed by atoms with Gasteiger partial charge in [0.1, 0.15) is 5.76 Å². The summed E-state index contributed by atoms with van der Waals surface area (Å²) in [5, 5.41) is 5.96. The molecule has 0 saturated carbocycles. The lowest BCUT2D eigenvalue weighted by Crippen LogP contribution is -1.93. The van der Waals surface area contributed by atoms with Crippen LogP contribution in [0.25, 0.3) is 34.3 Å². The molecule has 2 aromatic heterocycles. The van der Waals surface area contributed by atoms with Crippen molar-refractivity contribution in [3.8, 4) is 28.3 Å². The quantitative estimate of drug-likeness (QED) is 0.181. The van der Waals surface area contributed by atoms with E-state index in [2.05, 4.69) is 0 Å². The number of para-hydroxylation sites is 1. The summed E-state index contributed by atoms with van der Waals surface area (Å²) in [6.45, 7) is 0. The number of rotatable bonds is 6. The summed E-state index contributed by atoms with van der Waals surface area (Å²) < 4.78 is 7.57. The molecule has 0 fully saturated rings. The van der Waals surface area contributed by atoms with Gasteiger partial charge in [0.05, 0.1) is 16.4 Å². The van der Waals surface area contributed by atoms with Crippen LogP contribution in [0.4, 0.5) is 0 Å². The molecule has 5 aromatic rings. The standard InChI is InChI=1S/C28H18Cl2N2O2/c29-21-13-10-19(11-14-21)28-20(18-32(31-28)22-6-2-1-3-7-22)12-15-25(33)27-17-16-26(34-27)23-8-4-5-9-24(23)30/h1-18H/b15-12+. The van der Waals surface area contributed by atoms with Gasteiger partial charge in [-0.15, -0.1) is 0 Å². The van der Waals surface area contributed by atoms with Crippen molar-refractivity contribution >= 4 is 35.1 Å². The monoisotopic (exact) mass is 484 g/mol. The van der Waals surface area contributed by atoms with E-state index in [-0.39, 0.29) is 11.5 Å². The zero-order valence-electron chi connectivity index (χ0n) is 17.9. The second-order valence-corrected chi connectivity index (χ2v) is 8.41. The van der Waals surface area contributed by atoms with E-state index in [1.165, 1.54) is 6.08 Å². The number of nitrogens with zero attached hydrogens (tertiary/aromatic N) is 2. The fourth-order valence-corrected chi connectivity index (χ4v) is 3.93. The summed E-state index contributed by atoms with van der Waals surface area (Å²) in [5.41, 5.74) is 4.07. The molecule has 0 radical (unpaired) electrons. The van der Waals surface area contributed by atoms with E-state index in [0.717, 1.165) is 28.1 Å². The fraction of sp³-hybridized carbons (Fsp3) is 0. The van der Waals surface area contributed by atoms with Crippen molar-refractivity contribution in [1.29, 1.82) is 0 Å². The third kappa shape index (κ3) is 4.60. The molecule has 2 heterocycles. The van der Waals surface area contributed by atoms with E-state index in [9.17, 15) is 4.79 Å². The lowest BCUT2D eigenvalue weighted by atomic mass is 10.1. The largest absolute Gasteiger partial charge is 0.453 e. The van der Waals surface area contributed by atoms with Gasteiger partial charge in [-0.2, -0.15) is 5.10 Å². The van der Waals surface area contributed by atoms with Crippen LogP contribution in [0.15, 0.2) is 108 Å². The first-order valence-electron chi connectivity index (χ1n) is 10.6. The number of ketones is 1. The van der Waals surface area contributed by atoms with Crippen LogP contribution < -0.4 is 0 Å². The first kappa shape index (κ1) is 22.0. The number of benzene rings is 3. The van der Waals surface area contributed by atoms with E-state index >= 15 is 0 Å².